The molecule has 0 N–H and O–H groups in total. The first-order chi connectivity index (χ1) is 33.1. The van der Waals surface area contributed by atoms with E-state index in [2.05, 4.69) is 176 Å². The van der Waals surface area contributed by atoms with E-state index in [-0.39, 0.29) is 0 Å². The van der Waals surface area contributed by atoms with Gasteiger partial charge in [-0.05, 0) is 81.9 Å². The molecule has 0 saturated heterocycles. The lowest BCUT2D eigenvalue weighted by Gasteiger charge is -2.12. The second kappa shape index (κ2) is 17.1. The zero-order valence-corrected chi connectivity index (χ0v) is 36.2. The van der Waals surface area contributed by atoms with Crippen molar-refractivity contribution in [1.29, 1.82) is 0 Å². The van der Waals surface area contributed by atoms with Crippen molar-refractivity contribution in [3.63, 3.8) is 0 Å². The van der Waals surface area contributed by atoms with E-state index in [1.54, 1.807) is 0 Å². The van der Waals surface area contributed by atoms with E-state index in [0.29, 0.717) is 23.3 Å². The van der Waals surface area contributed by atoms with Gasteiger partial charge in [0.05, 0.1) is 11.4 Å². The first-order valence-electron chi connectivity index (χ1n) is 22.3. The monoisotopic (exact) mass is 857 g/mol. The molecule has 12 rings (SSSR count). The number of hydrogen-bond donors (Lipinski definition) is 0. The van der Waals surface area contributed by atoms with Gasteiger partial charge in [-0.3, -0.25) is 0 Å². The second-order valence-electron chi connectivity index (χ2n) is 16.5. The van der Waals surface area contributed by atoms with Crippen LogP contribution in [0.25, 0.3) is 123 Å². The van der Waals surface area contributed by atoms with Crippen LogP contribution >= 0.6 is 0 Å². The van der Waals surface area contributed by atoms with Gasteiger partial charge in [-0.15, -0.1) is 0 Å². The highest BCUT2D eigenvalue weighted by atomic mass is 16.3. The van der Waals surface area contributed by atoms with E-state index in [4.69, 9.17) is 29.3 Å². The zero-order valence-electron chi connectivity index (χ0n) is 36.2. The average Bonchev–Trinajstić information content (AvgIpc) is 3.80. The molecule has 0 radical (unpaired) electrons. The van der Waals surface area contributed by atoms with Crippen LogP contribution in [-0.2, 0) is 0 Å². The third-order valence-electron chi connectivity index (χ3n) is 12.1. The maximum Gasteiger partial charge on any atom is 0.164 e. The minimum Gasteiger partial charge on any atom is -0.456 e. The molecule has 67 heavy (non-hydrogen) atoms. The second-order valence-corrected chi connectivity index (χ2v) is 16.5. The standard InChI is InChI=1S/C61H39N5O/c1-4-16-40(17-5-1)43-22-13-27-49(35-43)59-64-60(50-28-14-23-44(36-50)41-18-6-2-7-19-41)66-61(65-59)51-29-15-25-46(37-51)45-24-12-26-47(34-45)54-39-55(63-58(62-54)42-20-8-3-9-21-42)48-32-33-53-52-30-10-11-31-56(52)67-57(53)38-48/h1-39H. The van der Waals surface area contributed by atoms with Crippen LogP contribution in [0.5, 0.6) is 0 Å². The Morgan fingerprint density at radius 1 is 0.209 bits per heavy atom. The lowest BCUT2D eigenvalue weighted by Crippen LogP contribution is -2.00. The van der Waals surface area contributed by atoms with Gasteiger partial charge in [-0.1, -0.05) is 188 Å². The predicted octanol–water partition coefficient (Wildman–Crippen LogP) is 15.6. The number of nitrogens with zero attached hydrogens (tertiary/aromatic N) is 5. The molecule has 0 aliphatic heterocycles. The van der Waals surface area contributed by atoms with E-state index in [0.717, 1.165) is 100 Å². The van der Waals surface area contributed by atoms with Gasteiger partial charge >= 0.3 is 0 Å². The summed E-state index contributed by atoms with van der Waals surface area (Å²) in [5.74, 6) is 2.44. The molecule has 0 spiro atoms. The number of fused-ring (bicyclic) bond motifs is 3. The molecule has 0 atom stereocenters. The van der Waals surface area contributed by atoms with E-state index in [9.17, 15) is 0 Å². The topological polar surface area (TPSA) is 77.6 Å². The van der Waals surface area contributed by atoms with Crippen molar-refractivity contribution in [2.24, 2.45) is 0 Å². The van der Waals surface area contributed by atoms with Crippen molar-refractivity contribution in [3.8, 4) is 101 Å². The summed E-state index contributed by atoms with van der Waals surface area (Å²) >= 11 is 0. The van der Waals surface area contributed by atoms with Crippen LogP contribution in [0.15, 0.2) is 241 Å². The SMILES string of the molecule is c1ccc(-c2cccc(-c3nc(-c4cccc(-c5ccccc5)c4)nc(-c4cccc(-c5cccc(-c6cc(-c7ccc8c(c7)oc7ccccc78)nc(-c7ccccc7)n6)c5)c4)n3)c2)cc1. The van der Waals surface area contributed by atoms with Crippen molar-refractivity contribution in [3.05, 3.63) is 237 Å². The summed E-state index contributed by atoms with van der Waals surface area (Å²) in [6.07, 6.45) is 0. The van der Waals surface area contributed by atoms with Gasteiger partial charge in [-0.25, -0.2) is 24.9 Å². The maximum absolute atomic E-state index is 6.30. The molecule has 6 nitrogen and oxygen atoms in total. The molecular formula is C61H39N5O. The number of furan rings is 1. The molecule has 0 aliphatic carbocycles. The van der Waals surface area contributed by atoms with Gasteiger partial charge in [0.15, 0.2) is 23.3 Å². The quantitative estimate of drug-likeness (QED) is 0.144. The molecule has 314 valence electrons. The van der Waals surface area contributed by atoms with Gasteiger partial charge in [0.1, 0.15) is 11.2 Å². The van der Waals surface area contributed by atoms with E-state index in [1.165, 1.54) is 0 Å². The molecule has 12 aromatic rings. The maximum atomic E-state index is 6.30. The first-order valence-corrected chi connectivity index (χ1v) is 22.3. The Hall–Kier alpha value is -9.13. The van der Waals surface area contributed by atoms with Crippen LogP contribution in [0.1, 0.15) is 0 Å². The van der Waals surface area contributed by atoms with Crippen LogP contribution in [0.3, 0.4) is 0 Å². The number of rotatable bonds is 9. The van der Waals surface area contributed by atoms with Crippen LogP contribution in [0.4, 0.5) is 0 Å². The minimum atomic E-state index is 0.586. The van der Waals surface area contributed by atoms with Gasteiger partial charge in [0, 0.05) is 44.2 Å². The molecule has 9 aromatic carbocycles. The van der Waals surface area contributed by atoms with Crippen LogP contribution in [0.2, 0.25) is 0 Å². The Morgan fingerprint density at radius 3 is 1.09 bits per heavy atom. The summed E-state index contributed by atoms with van der Waals surface area (Å²) in [5.41, 5.74) is 15.3. The van der Waals surface area contributed by atoms with Crippen LogP contribution in [0, 0.1) is 0 Å². The van der Waals surface area contributed by atoms with E-state index >= 15 is 0 Å². The van der Waals surface area contributed by atoms with E-state index in [1.807, 2.05) is 60.7 Å². The van der Waals surface area contributed by atoms with Crippen LogP contribution < -0.4 is 0 Å². The Labute approximate surface area is 387 Å². The van der Waals surface area contributed by atoms with Crippen molar-refractivity contribution >= 4 is 21.9 Å². The number of benzene rings is 9. The van der Waals surface area contributed by atoms with Gasteiger partial charge in [-0.2, -0.15) is 0 Å². The molecule has 3 heterocycles. The zero-order chi connectivity index (χ0) is 44.5. The molecule has 3 aromatic heterocycles. The molecule has 0 aliphatic rings. The summed E-state index contributed by atoms with van der Waals surface area (Å²) in [7, 11) is 0. The number of hydrogen-bond acceptors (Lipinski definition) is 6. The highest BCUT2D eigenvalue weighted by molar-refractivity contribution is 6.05. The van der Waals surface area contributed by atoms with Crippen molar-refractivity contribution in [2.75, 3.05) is 0 Å². The fourth-order valence-electron chi connectivity index (χ4n) is 8.74. The highest BCUT2D eigenvalue weighted by Crippen LogP contribution is 2.36. The fourth-order valence-corrected chi connectivity index (χ4v) is 8.74. The molecule has 0 unspecified atom stereocenters. The van der Waals surface area contributed by atoms with Crippen molar-refractivity contribution < 1.29 is 4.42 Å². The molecule has 0 saturated carbocycles. The fraction of sp³-hybridized carbons (Fsp3) is 0. The molecule has 0 bridgehead atoms. The Balaban J connectivity index is 0.947. The van der Waals surface area contributed by atoms with Crippen molar-refractivity contribution in [2.45, 2.75) is 0 Å². The lowest BCUT2D eigenvalue weighted by molar-refractivity contribution is 0.669. The number of aromatic nitrogens is 5. The average molecular weight is 858 g/mol. The lowest BCUT2D eigenvalue weighted by atomic mass is 9.98. The summed E-state index contributed by atoms with van der Waals surface area (Å²) in [5, 5.41) is 2.17. The largest absolute Gasteiger partial charge is 0.456 e. The molecule has 6 heteroatoms. The summed E-state index contributed by atoms with van der Waals surface area (Å²) in [6, 6.07) is 81.2. The van der Waals surface area contributed by atoms with Crippen molar-refractivity contribution in [1.82, 2.24) is 24.9 Å². The van der Waals surface area contributed by atoms with Crippen LogP contribution in [-0.4, -0.2) is 24.9 Å². The van der Waals surface area contributed by atoms with Gasteiger partial charge in [0.25, 0.3) is 0 Å². The third kappa shape index (κ3) is 7.94. The predicted molar refractivity (Wildman–Crippen MR) is 272 cm³/mol. The Morgan fingerprint density at radius 2 is 0.567 bits per heavy atom. The first kappa shape index (κ1) is 39.5. The summed E-state index contributed by atoms with van der Waals surface area (Å²) in [4.78, 5) is 25.8. The highest BCUT2D eigenvalue weighted by Gasteiger charge is 2.17. The third-order valence-corrected chi connectivity index (χ3v) is 12.1. The Kier molecular flexibility index (Phi) is 10.1. The minimum absolute atomic E-state index is 0.586. The smallest absolute Gasteiger partial charge is 0.164 e. The van der Waals surface area contributed by atoms with E-state index < -0.39 is 0 Å². The normalized spacial score (nSPS) is 11.3. The van der Waals surface area contributed by atoms with Gasteiger partial charge in [0.2, 0.25) is 0 Å². The Bertz CT molecular complexity index is 3650. The number of para-hydroxylation sites is 1. The summed E-state index contributed by atoms with van der Waals surface area (Å²) in [6.45, 7) is 0. The molecule has 0 amide bonds. The molecular weight excluding hydrogens is 819 g/mol. The summed E-state index contributed by atoms with van der Waals surface area (Å²) < 4.78 is 6.30. The van der Waals surface area contributed by atoms with Gasteiger partial charge < -0.3 is 4.42 Å². The molecule has 0 fully saturated rings.